The average Bonchev–Trinajstić information content (AvgIpc) is 3.28. The van der Waals surface area contributed by atoms with E-state index in [1.54, 1.807) is 42.5 Å². The summed E-state index contributed by atoms with van der Waals surface area (Å²) in [5.41, 5.74) is 8.83. The van der Waals surface area contributed by atoms with Crippen LogP contribution in [-0.4, -0.2) is 54.2 Å². The summed E-state index contributed by atoms with van der Waals surface area (Å²) in [5, 5.41) is 0. The average molecular weight is 558 g/mol. The third kappa shape index (κ3) is 8.01. The number of amides is 2. The molecule has 0 aromatic heterocycles. The minimum atomic E-state index is -0.822. The first-order valence-electron chi connectivity index (χ1n) is 13.1. The lowest BCUT2D eigenvalue weighted by Crippen LogP contribution is -2.30. The number of carbonyl (C=O) groups is 4. The van der Waals surface area contributed by atoms with Crippen LogP contribution in [-0.2, 0) is 27.4 Å². The van der Waals surface area contributed by atoms with Gasteiger partial charge in [0, 0.05) is 23.2 Å². The lowest BCUT2D eigenvalue weighted by atomic mass is 10.1. The van der Waals surface area contributed by atoms with Gasteiger partial charge in [0.25, 0.3) is 5.91 Å². The van der Waals surface area contributed by atoms with Gasteiger partial charge in [-0.3, -0.25) is 9.59 Å². The molecule has 0 bridgehead atoms. The molecule has 0 unspecified atom stereocenters. The van der Waals surface area contributed by atoms with Crippen molar-refractivity contribution in [2.45, 2.75) is 27.0 Å². The molecule has 0 saturated carbocycles. The molecule has 10 heteroatoms. The van der Waals surface area contributed by atoms with Crippen LogP contribution in [0.4, 0.5) is 4.79 Å². The predicted octanol–water partition coefficient (Wildman–Crippen LogP) is 4.15. The van der Waals surface area contributed by atoms with Crippen LogP contribution in [0.15, 0.2) is 77.8 Å². The summed E-state index contributed by atoms with van der Waals surface area (Å²) in [6, 6.07) is 20.4. The SMILES string of the molecule is CC(C)COC(=O)COc1ccc(C(=O)CN2Cc3cc(/C(N)=N/C(=O)OCc4ccccc4)ccc3C2=O)cc1. The van der Waals surface area contributed by atoms with Crippen LogP contribution < -0.4 is 10.5 Å². The molecule has 1 heterocycles. The Balaban J connectivity index is 1.31. The standard InChI is InChI=1S/C31H31N3O7/c1-20(2)17-40-28(36)19-39-25-11-8-22(9-12-25)27(35)16-34-15-24-14-23(10-13-26(24)30(34)37)29(32)33-31(38)41-18-21-6-4-3-5-7-21/h3-14,20H,15-19H2,1-2H3,(H2,32,33,38). The summed E-state index contributed by atoms with van der Waals surface area (Å²) in [6.07, 6.45) is -0.822. The van der Waals surface area contributed by atoms with E-state index < -0.39 is 12.1 Å². The normalized spacial score (nSPS) is 12.7. The number of esters is 1. The minimum Gasteiger partial charge on any atom is -0.482 e. The van der Waals surface area contributed by atoms with Gasteiger partial charge in [-0.05, 0) is 53.4 Å². The van der Waals surface area contributed by atoms with Crippen LogP contribution in [0, 0.1) is 5.92 Å². The van der Waals surface area contributed by atoms with Crippen LogP contribution in [0.1, 0.15) is 51.3 Å². The molecule has 41 heavy (non-hydrogen) atoms. The largest absolute Gasteiger partial charge is 0.482 e. The van der Waals surface area contributed by atoms with Gasteiger partial charge in [-0.2, -0.15) is 4.99 Å². The van der Waals surface area contributed by atoms with Gasteiger partial charge in [-0.15, -0.1) is 0 Å². The Labute approximate surface area is 237 Å². The highest BCUT2D eigenvalue weighted by Gasteiger charge is 2.29. The highest BCUT2D eigenvalue weighted by molar-refractivity contribution is 6.06. The van der Waals surface area contributed by atoms with E-state index in [-0.39, 0.29) is 49.7 Å². The Kier molecular flexibility index (Phi) is 9.47. The van der Waals surface area contributed by atoms with Crippen LogP contribution >= 0.6 is 0 Å². The first-order chi connectivity index (χ1) is 19.7. The number of nitrogens with zero attached hydrogens (tertiary/aromatic N) is 2. The zero-order valence-electron chi connectivity index (χ0n) is 22.9. The summed E-state index contributed by atoms with van der Waals surface area (Å²) in [5.74, 6) is -0.388. The van der Waals surface area contributed by atoms with E-state index in [0.717, 1.165) is 5.56 Å². The van der Waals surface area contributed by atoms with Gasteiger partial charge in [-0.1, -0.05) is 50.2 Å². The third-order valence-corrected chi connectivity index (χ3v) is 6.14. The summed E-state index contributed by atoms with van der Waals surface area (Å²) in [4.78, 5) is 54.9. The quantitative estimate of drug-likeness (QED) is 0.161. The van der Waals surface area contributed by atoms with E-state index in [2.05, 4.69) is 4.99 Å². The predicted molar refractivity (Wildman–Crippen MR) is 151 cm³/mol. The van der Waals surface area contributed by atoms with Crippen molar-refractivity contribution >= 4 is 29.6 Å². The number of hydrogen-bond donors (Lipinski definition) is 1. The Bertz CT molecular complexity index is 1450. The molecule has 3 aromatic carbocycles. The molecule has 0 fully saturated rings. The number of aliphatic imine (C=N–C) groups is 1. The van der Waals surface area contributed by atoms with Crippen LogP contribution in [0.25, 0.3) is 0 Å². The van der Waals surface area contributed by atoms with E-state index in [9.17, 15) is 19.2 Å². The van der Waals surface area contributed by atoms with Crippen LogP contribution in [0.3, 0.4) is 0 Å². The second kappa shape index (κ2) is 13.4. The van der Waals surface area contributed by atoms with Gasteiger partial charge in [0.05, 0.1) is 13.2 Å². The van der Waals surface area contributed by atoms with Gasteiger partial charge in [-0.25, -0.2) is 9.59 Å². The topological polar surface area (TPSA) is 138 Å². The zero-order valence-corrected chi connectivity index (χ0v) is 22.9. The second-order valence-corrected chi connectivity index (χ2v) is 9.88. The van der Waals surface area contributed by atoms with Gasteiger partial charge in [0.1, 0.15) is 18.2 Å². The number of fused-ring (bicyclic) bond motifs is 1. The molecule has 10 nitrogen and oxygen atoms in total. The summed E-state index contributed by atoms with van der Waals surface area (Å²) < 4.78 is 15.6. The van der Waals surface area contributed by atoms with Crippen molar-refractivity contribution in [2.75, 3.05) is 19.8 Å². The second-order valence-electron chi connectivity index (χ2n) is 9.88. The molecule has 3 aromatic rings. The summed E-state index contributed by atoms with van der Waals surface area (Å²) in [7, 11) is 0. The Morgan fingerprint density at radius 3 is 2.37 bits per heavy atom. The van der Waals surface area contributed by atoms with Gasteiger partial charge in [0.15, 0.2) is 12.4 Å². The van der Waals surface area contributed by atoms with E-state index >= 15 is 0 Å². The zero-order chi connectivity index (χ0) is 29.4. The fraction of sp³-hybridized carbons (Fsp3) is 0.258. The lowest BCUT2D eigenvalue weighted by molar-refractivity contribution is -0.147. The minimum absolute atomic E-state index is 0.0386. The molecule has 1 aliphatic heterocycles. The van der Waals surface area contributed by atoms with E-state index in [1.807, 2.05) is 44.2 Å². The fourth-order valence-electron chi connectivity index (χ4n) is 4.03. The molecule has 2 amide bonds. The highest BCUT2D eigenvalue weighted by atomic mass is 16.6. The van der Waals surface area contributed by atoms with Gasteiger partial charge >= 0.3 is 12.1 Å². The van der Waals surface area contributed by atoms with Gasteiger partial charge in [0.2, 0.25) is 0 Å². The molecule has 0 radical (unpaired) electrons. The lowest BCUT2D eigenvalue weighted by Gasteiger charge is -2.14. The molecule has 0 spiro atoms. The molecule has 0 aliphatic carbocycles. The first-order valence-corrected chi connectivity index (χ1v) is 13.1. The monoisotopic (exact) mass is 557 g/mol. The van der Waals surface area contributed by atoms with Crippen molar-refractivity contribution in [3.8, 4) is 5.75 Å². The van der Waals surface area contributed by atoms with Crippen LogP contribution in [0.5, 0.6) is 5.75 Å². The van der Waals surface area contributed by atoms with Crippen molar-refractivity contribution in [3.63, 3.8) is 0 Å². The highest BCUT2D eigenvalue weighted by Crippen LogP contribution is 2.24. The maximum atomic E-state index is 12.9. The molecule has 2 N–H and O–H groups in total. The molecule has 0 saturated heterocycles. The number of hydrogen-bond acceptors (Lipinski definition) is 7. The van der Waals surface area contributed by atoms with E-state index in [0.29, 0.717) is 34.6 Å². The van der Waals surface area contributed by atoms with Crippen molar-refractivity contribution in [2.24, 2.45) is 16.6 Å². The maximum Gasteiger partial charge on any atom is 0.435 e. The Morgan fingerprint density at radius 1 is 0.951 bits per heavy atom. The number of amidine groups is 1. The molecular weight excluding hydrogens is 526 g/mol. The Hall–Kier alpha value is -4.99. The van der Waals surface area contributed by atoms with E-state index in [1.165, 1.54) is 4.90 Å². The number of ketones is 1. The first kappa shape index (κ1) is 29.0. The molecule has 1 aliphatic rings. The molecule has 212 valence electrons. The number of ether oxygens (including phenoxy) is 3. The van der Waals surface area contributed by atoms with Crippen LogP contribution in [0.2, 0.25) is 0 Å². The van der Waals surface area contributed by atoms with Crippen molar-refractivity contribution in [1.29, 1.82) is 0 Å². The molecular formula is C31H31N3O7. The smallest absolute Gasteiger partial charge is 0.435 e. The van der Waals surface area contributed by atoms with Crippen molar-refractivity contribution in [3.05, 3.63) is 101 Å². The maximum absolute atomic E-state index is 12.9. The Morgan fingerprint density at radius 2 is 1.66 bits per heavy atom. The summed E-state index contributed by atoms with van der Waals surface area (Å²) in [6.45, 7) is 4.12. The molecule has 0 atom stereocenters. The molecule has 4 rings (SSSR count). The number of benzene rings is 3. The third-order valence-electron chi connectivity index (χ3n) is 6.14. The number of Topliss-reactive ketones (excluding diaryl/α,β-unsaturated/α-hetero) is 1. The van der Waals surface area contributed by atoms with Gasteiger partial charge < -0.3 is 24.8 Å². The van der Waals surface area contributed by atoms with E-state index in [4.69, 9.17) is 19.9 Å². The number of rotatable bonds is 11. The number of nitrogens with two attached hydrogens (primary N) is 1. The fourth-order valence-corrected chi connectivity index (χ4v) is 4.03. The number of carbonyl (C=O) groups excluding carboxylic acids is 4. The van der Waals surface area contributed by atoms with Crippen molar-refractivity contribution in [1.82, 2.24) is 4.90 Å². The van der Waals surface area contributed by atoms with Crippen molar-refractivity contribution < 1.29 is 33.4 Å². The summed E-state index contributed by atoms with van der Waals surface area (Å²) >= 11 is 0.